The SMILES string of the molecule is FC(F)c1nnsc1C(=S)Nc1cccc(Cl)c1Cl. The van der Waals surface area contributed by atoms with Crippen LogP contribution in [0, 0.1) is 0 Å². The highest BCUT2D eigenvalue weighted by atomic mass is 35.5. The van der Waals surface area contributed by atoms with Crippen molar-refractivity contribution in [3.05, 3.63) is 38.8 Å². The van der Waals surface area contributed by atoms with E-state index >= 15 is 0 Å². The maximum absolute atomic E-state index is 12.7. The van der Waals surface area contributed by atoms with Crippen LogP contribution in [0.3, 0.4) is 0 Å². The average Bonchev–Trinajstić information content (AvgIpc) is 2.84. The van der Waals surface area contributed by atoms with Gasteiger partial charge in [0.2, 0.25) is 0 Å². The van der Waals surface area contributed by atoms with Crippen molar-refractivity contribution in [3.8, 4) is 0 Å². The summed E-state index contributed by atoms with van der Waals surface area (Å²) in [5.74, 6) is 0. The van der Waals surface area contributed by atoms with Crippen LogP contribution in [-0.2, 0) is 0 Å². The lowest BCUT2D eigenvalue weighted by atomic mass is 10.3. The lowest BCUT2D eigenvalue weighted by molar-refractivity contribution is 0.146. The largest absolute Gasteiger partial charge is 0.344 e. The van der Waals surface area contributed by atoms with Crippen molar-refractivity contribution < 1.29 is 8.78 Å². The highest BCUT2D eigenvalue weighted by molar-refractivity contribution is 7.81. The fraction of sp³-hybridized carbons (Fsp3) is 0.100. The summed E-state index contributed by atoms with van der Waals surface area (Å²) >= 11 is 17.7. The highest BCUT2D eigenvalue weighted by Crippen LogP contribution is 2.31. The van der Waals surface area contributed by atoms with E-state index < -0.39 is 12.1 Å². The number of nitrogens with one attached hydrogen (secondary N) is 1. The van der Waals surface area contributed by atoms with E-state index in [1.165, 1.54) is 0 Å². The second kappa shape index (κ2) is 6.04. The number of alkyl halides is 2. The van der Waals surface area contributed by atoms with Crippen LogP contribution in [0.5, 0.6) is 0 Å². The molecule has 3 nitrogen and oxygen atoms in total. The standard InChI is InChI=1S/C10H5Cl2F2N3S2/c11-4-2-1-3-5(6(4)12)15-10(18)8-7(9(13)14)16-17-19-8/h1-3,9H,(H,15,18). The maximum atomic E-state index is 12.7. The van der Waals surface area contributed by atoms with E-state index in [-0.39, 0.29) is 14.9 Å². The number of thiocarbonyl (C=S) groups is 1. The van der Waals surface area contributed by atoms with Gasteiger partial charge in [0.15, 0.2) is 5.69 Å². The quantitative estimate of drug-likeness (QED) is 0.831. The van der Waals surface area contributed by atoms with E-state index in [9.17, 15) is 8.78 Å². The van der Waals surface area contributed by atoms with E-state index in [1.807, 2.05) is 0 Å². The molecule has 0 aliphatic rings. The number of rotatable bonds is 3. The molecular weight excluding hydrogens is 335 g/mol. The predicted molar refractivity (Wildman–Crippen MR) is 76.7 cm³/mol. The van der Waals surface area contributed by atoms with Crippen molar-refractivity contribution in [2.24, 2.45) is 0 Å². The molecule has 0 spiro atoms. The van der Waals surface area contributed by atoms with E-state index in [0.29, 0.717) is 10.7 Å². The Labute approximate surface area is 126 Å². The molecule has 0 amide bonds. The minimum absolute atomic E-state index is 0.0782. The summed E-state index contributed by atoms with van der Waals surface area (Å²) in [6.45, 7) is 0. The molecule has 1 aromatic carbocycles. The zero-order chi connectivity index (χ0) is 14.0. The number of hydrogen-bond donors (Lipinski definition) is 1. The molecule has 0 radical (unpaired) electrons. The second-order valence-corrected chi connectivity index (χ2v) is 5.29. The second-order valence-electron chi connectivity index (χ2n) is 3.34. The van der Waals surface area contributed by atoms with Crippen LogP contribution >= 0.6 is 47.0 Å². The first-order valence-electron chi connectivity index (χ1n) is 4.86. The molecule has 0 aliphatic carbocycles. The Morgan fingerprint density at radius 2 is 2.11 bits per heavy atom. The van der Waals surface area contributed by atoms with Crippen LogP contribution in [0.15, 0.2) is 18.2 Å². The van der Waals surface area contributed by atoms with Gasteiger partial charge in [0.1, 0.15) is 9.87 Å². The Hall–Kier alpha value is -0.890. The van der Waals surface area contributed by atoms with Crippen molar-refractivity contribution in [1.82, 2.24) is 9.59 Å². The molecular formula is C10H5Cl2F2N3S2. The molecule has 0 fully saturated rings. The lowest BCUT2D eigenvalue weighted by Crippen LogP contribution is -2.11. The third-order valence-electron chi connectivity index (χ3n) is 2.13. The van der Waals surface area contributed by atoms with E-state index in [1.54, 1.807) is 18.2 Å². The van der Waals surface area contributed by atoms with Crippen molar-refractivity contribution in [1.29, 1.82) is 0 Å². The Kier molecular flexibility index (Phi) is 4.62. The fourth-order valence-electron chi connectivity index (χ4n) is 1.28. The van der Waals surface area contributed by atoms with E-state index in [0.717, 1.165) is 11.5 Å². The molecule has 0 saturated heterocycles. The molecule has 1 aromatic heterocycles. The van der Waals surface area contributed by atoms with Crippen LogP contribution in [-0.4, -0.2) is 14.6 Å². The summed E-state index contributed by atoms with van der Waals surface area (Å²) in [6, 6.07) is 4.91. The number of hydrogen-bond acceptors (Lipinski definition) is 4. The van der Waals surface area contributed by atoms with Gasteiger partial charge in [-0.25, -0.2) is 8.78 Å². The lowest BCUT2D eigenvalue weighted by Gasteiger charge is -2.09. The summed E-state index contributed by atoms with van der Waals surface area (Å²) in [5.41, 5.74) is -0.00608. The Balaban J connectivity index is 2.26. The van der Waals surface area contributed by atoms with Gasteiger partial charge in [-0.3, -0.25) is 0 Å². The van der Waals surface area contributed by atoms with Crippen molar-refractivity contribution in [2.45, 2.75) is 6.43 Å². The zero-order valence-electron chi connectivity index (χ0n) is 9.03. The van der Waals surface area contributed by atoms with Gasteiger partial charge in [-0.1, -0.05) is 46.0 Å². The molecule has 0 atom stereocenters. The first-order chi connectivity index (χ1) is 9.00. The molecule has 9 heteroatoms. The van der Waals surface area contributed by atoms with Gasteiger partial charge >= 0.3 is 0 Å². The van der Waals surface area contributed by atoms with Crippen LogP contribution in [0.4, 0.5) is 14.5 Å². The molecule has 0 bridgehead atoms. The summed E-state index contributed by atoms with van der Waals surface area (Å²) in [4.78, 5) is 0.190. The van der Waals surface area contributed by atoms with Crippen LogP contribution in [0.25, 0.3) is 0 Å². The summed E-state index contributed by atoms with van der Waals surface area (Å²) in [5, 5.41) is 6.72. The van der Waals surface area contributed by atoms with Gasteiger partial charge in [-0.05, 0) is 23.7 Å². The maximum Gasteiger partial charge on any atom is 0.283 e. The molecule has 0 aliphatic heterocycles. The number of aromatic nitrogens is 2. The van der Waals surface area contributed by atoms with Gasteiger partial charge in [0, 0.05) is 0 Å². The molecule has 19 heavy (non-hydrogen) atoms. The third kappa shape index (κ3) is 3.17. The molecule has 100 valence electrons. The Morgan fingerprint density at radius 3 is 2.79 bits per heavy atom. The highest BCUT2D eigenvalue weighted by Gasteiger charge is 2.21. The summed E-state index contributed by atoms with van der Waals surface area (Å²) in [6.07, 6.45) is -2.73. The minimum atomic E-state index is -2.73. The molecule has 0 saturated carbocycles. The molecule has 0 unspecified atom stereocenters. The number of halogens is 4. The molecule has 1 heterocycles. The third-order valence-corrected chi connectivity index (χ3v) is 4.14. The van der Waals surface area contributed by atoms with Crippen LogP contribution < -0.4 is 5.32 Å². The van der Waals surface area contributed by atoms with Gasteiger partial charge in [0.25, 0.3) is 6.43 Å². The molecule has 1 N–H and O–H groups in total. The monoisotopic (exact) mass is 339 g/mol. The minimum Gasteiger partial charge on any atom is -0.344 e. The van der Waals surface area contributed by atoms with Crippen LogP contribution in [0.2, 0.25) is 10.0 Å². The average molecular weight is 340 g/mol. The molecule has 2 aromatic rings. The summed E-state index contributed by atoms with van der Waals surface area (Å²) in [7, 11) is 0. The Morgan fingerprint density at radius 1 is 1.37 bits per heavy atom. The van der Waals surface area contributed by atoms with Crippen molar-refractivity contribution in [3.63, 3.8) is 0 Å². The van der Waals surface area contributed by atoms with Gasteiger partial charge in [-0.2, -0.15) is 0 Å². The topological polar surface area (TPSA) is 37.8 Å². The molecule has 2 rings (SSSR count). The van der Waals surface area contributed by atoms with Gasteiger partial charge in [0.05, 0.1) is 15.7 Å². The smallest absolute Gasteiger partial charge is 0.283 e. The number of nitrogens with zero attached hydrogens (tertiary/aromatic N) is 2. The van der Waals surface area contributed by atoms with Gasteiger partial charge < -0.3 is 5.32 Å². The van der Waals surface area contributed by atoms with Gasteiger partial charge in [-0.15, -0.1) is 5.10 Å². The Bertz CT molecular complexity index is 619. The number of anilines is 1. The van der Waals surface area contributed by atoms with Crippen molar-refractivity contribution >= 4 is 57.6 Å². The van der Waals surface area contributed by atoms with E-state index in [4.69, 9.17) is 35.4 Å². The first kappa shape index (κ1) is 14.5. The zero-order valence-corrected chi connectivity index (χ0v) is 12.2. The number of benzene rings is 1. The first-order valence-corrected chi connectivity index (χ1v) is 6.80. The van der Waals surface area contributed by atoms with Crippen molar-refractivity contribution in [2.75, 3.05) is 5.32 Å². The summed E-state index contributed by atoms with van der Waals surface area (Å²) < 4.78 is 28.8. The van der Waals surface area contributed by atoms with E-state index in [2.05, 4.69) is 14.9 Å². The van der Waals surface area contributed by atoms with Crippen LogP contribution in [0.1, 0.15) is 17.0 Å². The fourth-order valence-corrected chi connectivity index (χ4v) is 2.52. The normalized spacial score (nSPS) is 10.8. The predicted octanol–water partition coefficient (Wildman–Crippen LogP) is 4.57.